The van der Waals surface area contributed by atoms with E-state index in [0.717, 1.165) is 12.1 Å². The van der Waals surface area contributed by atoms with Gasteiger partial charge >= 0.3 is 17.8 Å². The molecule has 0 amide bonds. The van der Waals surface area contributed by atoms with Crippen LogP contribution < -0.4 is 20.7 Å². The first-order valence-electron chi connectivity index (χ1n) is 9.95. The highest BCUT2D eigenvalue weighted by Gasteiger charge is 2.33. The summed E-state index contributed by atoms with van der Waals surface area (Å²) in [5.74, 6) is -1.40. The van der Waals surface area contributed by atoms with Gasteiger partial charge in [-0.05, 0) is 44.2 Å². The molecule has 0 bridgehead atoms. The third-order valence-electron chi connectivity index (χ3n) is 4.46. The molecule has 0 saturated heterocycles. The predicted molar refractivity (Wildman–Crippen MR) is 116 cm³/mol. The molecule has 1 aromatic heterocycles. The summed E-state index contributed by atoms with van der Waals surface area (Å²) in [6, 6.07) is 7.57. The van der Waals surface area contributed by atoms with Crippen LogP contribution in [0, 0.1) is 5.82 Å². The molecule has 2 aromatic carbocycles. The maximum Gasteiger partial charge on any atom is 0.431 e. The molecule has 1 atom stereocenters. The summed E-state index contributed by atoms with van der Waals surface area (Å²) in [6.45, 7) is 3.37. The van der Waals surface area contributed by atoms with E-state index in [1.807, 2.05) is 0 Å². The second-order valence-corrected chi connectivity index (χ2v) is 7.39. The van der Waals surface area contributed by atoms with Gasteiger partial charge in [0.25, 0.3) is 5.56 Å². The van der Waals surface area contributed by atoms with Gasteiger partial charge in [-0.3, -0.25) is 4.79 Å². The third kappa shape index (κ3) is 6.01. The molecular weight excluding hydrogens is 500 g/mol. The number of ether oxygens (including phenoxy) is 3. The zero-order valence-electron chi connectivity index (χ0n) is 18.1. The van der Waals surface area contributed by atoms with Crippen LogP contribution >= 0.6 is 11.6 Å². The smallest absolute Gasteiger partial charge is 0.431 e. The minimum Gasteiger partial charge on any atom is -0.479 e. The van der Waals surface area contributed by atoms with Gasteiger partial charge in [0.2, 0.25) is 0 Å². The van der Waals surface area contributed by atoms with Crippen molar-refractivity contribution >= 4 is 17.6 Å². The summed E-state index contributed by atoms with van der Waals surface area (Å²) in [5, 5.41) is -0.237. The first-order chi connectivity index (χ1) is 16.4. The normalized spacial score (nSPS) is 12.2. The van der Waals surface area contributed by atoms with Crippen molar-refractivity contribution in [1.29, 1.82) is 0 Å². The number of carbonyl (C=O) groups excluding carboxylic acids is 1. The highest BCUT2D eigenvalue weighted by atomic mass is 35.5. The van der Waals surface area contributed by atoms with E-state index in [4.69, 9.17) is 25.8 Å². The van der Waals surface area contributed by atoms with E-state index in [-0.39, 0.29) is 33.8 Å². The van der Waals surface area contributed by atoms with Crippen LogP contribution in [0.1, 0.15) is 19.5 Å². The van der Waals surface area contributed by atoms with Crippen molar-refractivity contribution in [3.63, 3.8) is 0 Å². The highest BCUT2D eigenvalue weighted by molar-refractivity contribution is 6.32. The second kappa shape index (κ2) is 10.2. The molecule has 1 heterocycles. The number of carbonyl (C=O) groups is 1. The Bertz CT molecular complexity index is 1320. The lowest BCUT2D eigenvalue weighted by Crippen LogP contribution is -2.36. The zero-order chi connectivity index (χ0) is 25.9. The molecule has 3 aromatic rings. The van der Waals surface area contributed by atoms with Crippen LogP contribution in [0.4, 0.5) is 17.6 Å². The Morgan fingerprint density at radius 1 is 1.11 bits per heavy atom. The minimum atomic E-state index is -4.98. The third-order valence-corrected chi connectivity index (χ3v) is 4.76. The molecule has 0 radical (unpaired) electrons. The summed E-state index contributed by atoms with van der Waals surface area (Å²) in [4.78, 5) is 37.5. The summed E-state index contributed by atoms with van der Waals surface area (Å²) >= 11 is 6.01. The summed E-state index contributed by atoms with van der Waals surface area (Å²) in [6.07, 6.45) is -5.84. The van der Waals surface area contributed by atoms with E-state index < -0.39 is 46.7 Å². The van der Waals surface area contributed by atoms with E-state index in [1.165, 1.54) is 36.2 Å². The molecule has 186 valence electrons. The van der Waals surface area contributed by atoms with E-state index >= 15 is 0 Å². The second-order valence-electron chi connectivity index (χ2n) is 6.98. The van der Waals surface area contributed by atoms with Gasteiger partial charge in [-0.15, -0.1) is 0 Å². The van der Waals surface area contributed by atoms with Crippen molar-refractivity contribution in [2.24, 2.45) is 0 Å². The Kier molecular flexibility index (Phi) is 7.54. The predicted octanol–water partition coefficient (Wildman–Crippen LogP) is 4.46. The molecule has 3 rings (SSSR count). The molecule has 35 heavy (non-hydrogen) atoms. The number of nitrogens with one attached hydrogen (secondary N) is 1. The van der Waals surface area contributed by atoms with Crippen LogP contribution in [0.15, 0.2) is 52.1 Å². The van der Waals surface area contributed by atoms with Gasteiger partial charge in [-0.1, -0.05) is 11.6 Å². The lowest BCUT2D eigenvalue weighted by molar-refractivity contribution is -0.150. The van der Waals surface area contributed by atoms with E-state index in [9.17, 15) is 31.9 Å². The molecule has 1 N–H and O–H groups in total. The fraction of sp³-hybridized carbons (Fsp3) is 0.227. The number of rotatable bonds is 7. The van der Waals surface area contributed by atoms with E-state index in [0.29, 0.717) is 5.75 Å². The molecule has 1 unspecified atom stereocenters. The average molecular weight is 517 g/mol. The zero-order valence-corrected chi connectivity index (χ0v) is 18.9. The van der Waals surface area contributed by atoms with Crippen molar-refractivity contribution in [3.05, 3.63) is 79.8 Å². The Morgan fingerprint density at radius 3 is 2.31 bits per heavy atom. The Morgan fingerprint density at radius 2 is 1.74 bits per heavy atom. The van der Waals surface area contributed by atoms with E-state index in [1.54, 1.807) is 6.92 Å². The van der Waals surface area contributed by atoms with Crippen molar-refractivity contribution < 1.29 is 36.6 Å². The largest absolute Gasteiger partial charge is 0.479 e. The summed E-state index contributed by atoms with van der Waals surface area (Å²) in [5.41, 5.74) is -5.17. The van der Waals surface area contributed by atoms with Gasteiger partial charge in [-0.25, -0.2) is 18.5 Å². The number of hydrogen-bond donors (Lipinski definition) is 1. The summed E-state index contributed by atoms with van der Waals surface area (Å²) in [7, 11) is 0. The average Bonchev–Trinajstić information content (AvgIpc) is 2.77. The van der Waals surface area contributed by atoms with Crippen LogP contribution in [0.25, 0.3) is 5.69 Å². The van der Waals surface area contributed by atoms with Gasteiger partial charge < -0.3 is 19.2 Å². The first-order valence-corrected chi connectivity index (χ1v) is 10.3. The monoisotopic (exact) mass is 516 g/mol. The number of aromatic nitrogens is 2. The standard InChI is InChI=1S/C22H17ClF4N2O6/c1-3-33-20(31)11(2)34-12-4-6-13(7-5-12)35-17-9-16(15(24)8-14(17)23)29-19(30)10-18(22(25,26)27)28-21(29)32/h4-11H,3H2,1-2H3,(H,28,32). The van der Waals surface area contributed by atoms with Crippen LogP contribution in [-0.4, -0.2) is 28.2 Å². The Hall–Kier alpha value is -3.80. The van der Waals surface area contributed by atoms with Gasteiger partial charge in [0.1, 0.15) is 28.8 Å². The van der Waals surface area contributed by atoms with Gasteiger partial charge in [0.05, 0.1) is 17.3 Å². The maximum atomic E-state index is 14.5. The molecule has 0 aliphatic rings. The molecule has 0 fully saturated rings. The number of esters is 1. The SMILES string of the molecule is CCOC(=O)C(C)Oc1ccc(Oc2cc(-n3c(=O)cc(C(F)(F)F)[nH]c3=O)c(F)cc2Cl)cc1. The lowest BCUT2D eigenvalue weighted by Gasteiger charge is -2.15. The topological polar surface area (TPSA) is 99.6 Å². The van der Waals surface area contributed by atoms with Gasteiger partial charge in [-0.2, -0.15) is 13.2 Å². The molecule has 0 spiro atoms. The quantitative estimate of drug-likeness (QED) is 0.368. The number of halogens is 5. The molecule has 8 nitrogen and oxygen atoms in total. The molecular formula is C22H17ClF4N2O6. The minimum absolute atomic E-state index is 0.131. The number of H-pyrrole nitrogens is 1. The highest BCUT2D eigenvalue weighted by Crippen LogP contribution is 2.33. The Labute approximate surface area is 199 Å². The Balaban J connectivity index is 1.89. The number of alkyl halides is 3. The van der Waals surface area contributed by atoms with Gasteiger partial charge in [0.15, 0.2) is 6.10 Å². The number of aromatic amines is 1. The fourth-order valence-corrected chi connectivity index (χ4v) is 3.06. The number of hydrogen-bond acceptors (Lipinski definition) is 6. The molecule has 0 aliphatic heterocycles. The first kappa shape index (κ1) is 25.8. The van der Waals surface area contributed by atoms with Crippen LogP contribution in [0.2, 0.25) is 5.02 Å². The van der Waals surface area contributed by atoms with Crippen molar-refractivity contribution in [3.8, 4) is 22.9 Å². The van der Waals surface area contributed by atoms with Crippen LogP contribution in [0.3, 0.4) is 0 Å². The van der Waals surface area contributed by atoms with E-state index in [2.05, 4.69) is 0 Å². The van der Waals surface area contributed by atoms with Crippen LogP contribution in [0.5, 0.6) is 17.2 Å². The fourth-order valence-electron chi connectivity index (χ4n) is 2.87. The molecule has 13 heteroatoms. The van der Waals surface area contributed by atoms with Crippen LogP contribution in [-0.2, 0) is 15.7 Å². The number of benzene rings is 2. The van der Waals surface area contributed by atoms with Crippen molar-refractivity contribution in [2.75, 3.05) is 6.61 Å². The molecule has 0 aliphatic carbocycles. The van der Waals surface area contributed by atoms with Crippen molar-refractivity contribution in [2.45, 2.75) is 26.1 Å². The van der Waals surface area contributed by atoms with Crippen molar-refractivity contribution in [1.82, 2.24) is 9.55 Å². The van der Waals surface area contributed by atoms with Gasteiger partial charge in [0, 0.05) is 12.1 Å². The lowest BCUT2D eigenvalue weighted by atomic mass is 10.2. The summed E-state index contributed by atoms with van der Waals surface area (Å²) < 4.78 is 69.1. The number of nitrogens with zero attached hydrogens (tertiary/aromatic N) is 1. The molecule has 0 saturated carbocycles. The maximum absolute atomic E-state index is 14.5.